The zero-order chi connectivity index (χ0) is 12.2. The molecule has 16 heavy (non-hydrogen) atoms. The molecule has 1 aliphatic rings. The largest absolute Gasteiger partial charge is 0.315 e. The highest BCUT2D eigenvalue weighted by Crippen LogP contribution is 2.33. The van der Waals surface area contributed by atoms with Crippen molar-refractivity contribution in [2.45, 2.75) is 41.0 Å². The zero-order valence-corrected chi connectivity index (χ0v) is 11.8. The van der Waals surface area contributed by atoms with Crippen LogP contribution in [-0.2, 0) is 0 Å². The Kier molecular flexibility index (Phi) is 5.26. The third-order valence-corrected chi connectivity index (χ3v) is 3.65. The second-order valence-electron chi connectivity index (χ2n) is 6.75. The van der Waals surface area contributed by atoms with Crippen LogP contribution in [0.2, 0.25) is 0 Å². The van der Waals surface area contributed by atoms with Crippen molar-refractivity contribution in [3.63, 3.8) is 0 Å². The van der Waals surface area contributed by atoms with E-state index in [0.717, 1.165) is 24.9 Å². The van der Waals surface area contributed by atoms with E-state index in [1.807, 2.05) is 0 Å². The van der Waals surface area contributed by atoms with Crippen molar-refractivity contribution in [2.75, 3.05) is 32.7 Å². The van der Waals surface area contributed by atoms with Crippen LogP contribution in [-0.4, -0.2) is 37.6 Å². The summed E-state index contributed by atoms with van der Waals surface area (Å²) in [4.78, 5) is 2.61. The fraction of sp³-hybridized carbons (Fsp3) is 1.00. The lowest BCUT2D eigenvalue weighted by atomic mass is 9.80. The fourth-order valence-electron chi connectivity index (χ4n) is 2.37. The van der Waals surface area contributed by atoms with Gasteiger partial charge in [0.15, 0.2) is 0 Å². The minimum Gasteiger partial charge on any atom is -0.315 e. The fourth-order valence-corrected chi connectivity index (χ4v) is 2.37. The van der Waals surface area contributed by atoms with Gasteiger partial charge in [-0.15, -0.1) is 0 Å². The molecule has 2 nitrogen and oxygen atoms in total. The van der Waals surface area contributed by atoms with Crippen LogP contribution in [0.3, 0.4) is 0 Å². The lowest BCUT2D eigenvalue weighted by Gasteiger charge is -2.27. The van der Waals surface area contributed by atoms with E-state index in [1.54, 1.807) is 0 Å². The van der Waals surface area contributed by atoms with E-state index < -0.39 is 0 Å². The molecule has 1 fully saturated rings. The highest BCUT2D eigenvalue weighted by Gasteiger charge is 2.31. The molecule has 2 heteroatoms. The summed E-state index contributed by atoms with van der Waals surface area (Å²) in [6.07, 6.45) is 1.38. The molecule has 1 aliphatic heterocycles. The predicted molar refractivity (Wildman–Crippen MR) is 71.7 cm³/mol. The van der Waals surface area contributed by atoms with Crippen LogP contribution in [0.4, 0.5) is 0 Å². The summed E-state index contributed by atoms with van der Waals surface area (Å²) in [5.74, 6) is 1.65. The van der Waals surface area contributed by atoms with Crippen molar-refractivity contribution in [1.82, 2.24) is 10.2 Å². The number of nitrogens with one attached hydrogen (secondary N) is 1. The molecule has 96 valence electrons. The van der Waals surface area contributed by atoms with Crippen molar-refractivity contribution < 1.29 is 0 Å². The van der Waals surface area contributed by atoms with E-state index in [4.69, 9.17) is 0 Å². The molecular weight excluding hydrogens is 196 g/mol. The second-order valence-corrected chi connectivity index (χ2v) is 6.75. The first-order valence-electron chi connectivity index (χ1n) is 6.82. The molecule has 1 atom stereocenters. The smallest absolute Gasteiger partial charge is 0.0107 e. The Balaban J connectivity index is 2.12. The third-order valence-electron chi connectivity index (χ3n) is 3.65. The Bertz CT molecular complexity index is 193. The van der Waals surface area contributed by atoms with Gasteiger partial charge in [0, 0.05) is 19.6 Å². The maximum absolute atomic E-state index is 3.52. The summed E-state index contributed by atoms with van der Waals surface area (Å²) in [5.41, 5.74) is 0.486. The summed E-state index contributed by atoms with van der Waals surface area (Å²) in [5, 5.41) is 3.52. The zero-order valence-electron chi connectivity index (χ0n) is 11.8. The first-order chi connectivity index (χ1) is 7.39. The Morgan fingerprint density at radius 3 is 2.50 bits per heavy atom. The average Bonchev–Trinajstić information content (AvgIpc) is 2.59. The van der Waals surface area contributed by atoms with Gasteiger partial charge in [0.05, 0.1) is 0 Å². The van der Waals surface area contributed by atoms with Crippen LogP contribution in [0.1, 0.15) is 41.0 Å². The van der Waals surface area contributed by atoms with E-state index in [1.165, 1.54) is 26.1 Å². The summed E-state index contributed by atoms with van der Waals surface area (Å²) >= 11 is 0. The van der Waals surface area contributed by atoms with Crippen molar-refractivity contribution in [1.29, 1.82) is 0 Å². The highest BCUT2D eigenvalue weighted by atomic mass is 15.2. The lowest BCUT2D eigenvalue weighted by Crippen LogP contribution is -2.33. The van der Waals surface area contributed by atoms with Gasteiger partial charge in [-0.05, 0) is 36.8 Å². The summed E-state index contributed by atoms with van der Waals surface area (Å²) < 4.78 is 0. The van der Waals surface area contributed by atoms with Crippen LogP contribution < -0.4 is 5.32 Å². The molecule has 1 saturated heterocycles. The van der Waals surface area contributed by atoms with Gasteiger partial charge in [0.1, 0.15) is 0 Å². The molecule has 0 radical (unpaired) electrons. The molecule has 0 amide bonds. The Morgan fingerprint density at radius 1 is 1.31 bits per heavy atom. The normalized spacial score (nSPS) is 23.2. The second kappa shape index (κ2) is 6.02. The minimum atomic E-state index is 0.486. The summed E-state index contributed by atoms with van der Waals surface area (Å²) in [7, 11) is 0. The summed E-state index contributed by atoms with van der Waals surface area (Å²) in [6.45, 7) is 17.8. The highest BCUT2D eigenvalue weighted by molar-refractivity contribution is 4.83. The van der Waals surface area contributed by atoms with Gasteiger partial charge in [-0.1, -0.05) is 34.6 Å². The van der Waals surface area contributed by atoms with Crippen LogP contribution >= 0.6 is 0 Å². The SMILES string of the molecule is CC(C)CNCCN1CCC(C(C)(C)C)C1. The predicted octanol–water partition coefficient (Wildman–Crippen LogP) is 2.60. The Labute approximate surface area is 102 Å². The lowest BCUT2D eigenvalue weighted by molar-refractivity contribution is 0.229. The molecular formula is C14H30N2. The number of hydrogen-bond donors (Lipinski definition) is 1. The third kappa shape index (κ3) is 4.84. The van der Waals surface area contributed by atoms with Gasteiger partial charge >= 0.3 is 0 Å². The van der Waals surface area contributed by atoms with Crippen LogP contribution in [0.5, 0.6) is 0 Å². The van der Waals surface area contributed by atoms with Crippen molar-refractivity contribution in [2.24, 2.45) is 17.3 Å². The standard InChI is InChI=1S/C14H30N2/c1-12(2)10-15-7-9-16-8-6-13(11-16)14(3,4)5/h12-13,15H,6-11H2,1-5H3. The molecule has 0 aromatic rings. The van der Waals surface area contributed by atoms with Crippen LogP contribution in [0, 0.1) is 17.3 Å². The average molecular weight is 226 g/mol. The molecule has 0 spiro atoms. The van der Waals surface area contributed by atoms with E-state index in [2.05, 4.69) is 44.8 Å². The molecule has 0 aliphatic carbocycles. The van der Waals surface area contributed by atoms with E-state index >= 15 is 0 Å². The van der Waals surface area contributed by atoms with Gasteiger partial charge in [0.25, 0.3) is 0 Å². The van der Waals surface area contributed by atoms with Gasteiger partial charge < -0.3 is 10.2 Å². The summed E-state index contributed by atoms with van der Waals surface area (Å²) in [6, 6.07) is 0. The quantitative estimate of drug-likeness (QED) is 0.725. The van der Waals surface area contributed by atoms with Crippen LogP contribution in [0.25, 0.3) is 0 Å². The monoisotopic (exact) mass is 226 g/mol. The van der Waals surface area contributed by atoms with Crippen molar-refractivity contribution in [3.05, 3.63) is 0 Å². The van der Waals surface area contributed by atoms with Gasteiger partial charge in [0.2, 0.25) is 0 Å². The van der Waals surface area contributed by atoms with Crippen molar-refractivity contribution in [3.8, 4) is 0 Å². The van der Waals surface area contributed by atoms with Gasteiger partial charge in [-0.25, -0.2) is 0 Å². The van der Waals surface area contributed by atoms with Crippen molar-refractivity contribution >= 4 is 0 Å². The number of nitrogens with zero attached hydrogens (tertiary/aromatic N) is 1. The van der Waals surface area contributed by atoms with E-state index in [9.17, 15) is 0 Å². The first kappa shape index (κ1) is 14.0. The maximum Gasteiger partial charge on any atom is 0.0107 e. The van der Waals surface area contributed by atoms with Gasteiger partial charge in [-0.2, -0.15) is 0 Å². The molecule has 0 aromatic carbocycles. The molecule has 0 aromatic heterocycles. The number of likely N-dealkylation sites (tertiary alicyclic amines) is 1. The number of rotatable bonds is 5. The number of hydrogen-bond acceptors (Lipinski definition) is 2. The first-order valence-corrected chi connectivity index (χ1v) is 6.82. The molecule has 0 saturated carbocycles. The maximum atomic E-state index is 3.52. The minimum absolute atomic E-state index is 0.486. The van der Waals surface area contributed by atoms with E-state index in [-0.39, 0.29) is 0 Å². The Hall–Kier alpha value is -0.0800. The Morgan fingerprint density at radius 2 is 2.00 bits per heavy atom. The van der Waals surface area contributed by atoms with Crippen LogP contribution in [0.15, 0.2) is 0 Å². The van der Waals surface area contributed by atoms with Gasteiger partial charge in [-0.3, -0.25) is 0 Å². The molecule has 1 rings (SSSR count). The molecule has 1 heterocycles. The topological polar surface area (TPSA) is 15.3 Å². The molecule has 0 bridgehead atoms. The molecule has 1 unspecified atom stereocenters. The molecule has 1 N–H and O–H groups in total. The van der Waals surface area contributed by atoms with E-state index in [0.29, 0.717) is 5.41 Å².